The molecule has 122 valence electrons. The smallest absolute Gasteiger partial charge is 0.307 e. The first kappa shape index (κ1) is 17.2. The molecule has 0 heterocycles. The van der Waals surface area contributed by atoms with E-state index in [1.165, 1.54) is 13.2 Å². The first-order valence-corrected chi connectivity index (χ1v) is 7.76. The molecular formula is C19H22FNO2. The van der Waals surface area contributed by atoms with Crippen LogP contribution < -0.4 is 5.32 Å². The summed E-state index contributed by atoms with van der Waals surface area (Å²) < 4.78 is 18.5. The highest BCUT2D eigenvalue weighted by Crippen LogP contribution is 2.12. The number of hydrogen-bond acceptors (Lipinski definition) is 3. The summed E-state index contributed by atoms with van der Waals surface area (Å²) in [6, 6.07) is 16.7. The molecule has 0 aliphatic heterocycles. The predicted octanol–water partition coefficient (Wildman–Crippen LogP) is 3.48. The number of rotatable bonds is 8. The van der Waals surface area contributed by atoms with Crippen LogP contribution in [-0.4, -0.2) is 19.1 Å². The predicted molar refractivity (Wildman–Crippen MR) is 88.4 cm³/mol. The molecule has 3 nitrogen and oxygen atoms in total. The Kier molecular flexibility index (Phi) is 6.76. The van der Waals surface area contributed by atoms with Gasteiger partial charge in [-0.3, -0.25) is 4.79 Å². The molecule has 0 aliphatic carbocycles. The lowest BCUT2D eigenvalue weighted by Gasteiger charge is -2.18. The lowest BCUT2D eigenvalue weighted by Crippen LogP contribution is -2.32. The molecule has 0 bridgehead atoms. The Morgan fingerprint density at radius 3 is 2.52 bits per heavy atom. The summed E-state index contributed by atoms with van der Waals surface area (Å²) in [4.78, 5) is 11.6. The third-order valence-corrected chi connectivity index (χ3v) is 3.80. The number of nitrogens with one attached hydrogen (secondary N) is 1. The third-order valence-electron chi connectivity index (χ3n) is 3.80. The van der Waals surface area contributed by atoms with Crippen molar-refractivity contribution in [1.29, 1.82) is 0 Å². The molecule has 0 saturated heterocycles. The number of esters is 1. The fourth-order valence-electron chi connectivity index (χ4n) is 2.45. The van der Waals surface area contributed by atoms with Crippen LogP contribution in [0.4, 0.5) is 4.39 Å². The third kappa shape index (κ3) is 5.83. The minimum absolute atomic E-state index is 0.0535. The molecule has 0 spiro atoms. The van der Waals surface area contributed by atoms with Crippen LogP contribution in [0.5, 0.6) is 0 Å². The van der Waals surface area contributed by atoms with Crippen LogP contribution >= 0.6 is 0 Å². The molecular weight excluding hydrogens is 293 g/mol. The molecule has 1 atom stereocenters. The second kappa shape index (κ2) is 9.06. The molecule has 2 rings (SSSR count). The molecule has 0 fully saturated rings. The van der Waals surface area contributed by atoms with Gasteiger partial charge in [-0.05, 0) is 30.0 Å². The zero-order chi connectivity index (χ0) is 16.5. The van der Waals surface area contributed by atoms with Gasteiger partial charge >= 0.3 is 5.97 Å². The van der Waals surface area contributed by atoms with Crippen molar-refractivity contribution < 1.29 is 13.9 Å². The Bertz CT molecular complexity index is 616. The summed E-state index contributed by atoms with van der Waals surface area (Å²) in [5.74, 6) is -0.462. The van der Waals surface area contributed by atoms with Crippen molar-refractivity contribution in [1.82, 2.24) is 5.32 Å². The molecule has 0 amide bonds. The largest absolute Gasteiger partial charge is 0.469 e. The monoisotopic (exact) mass is 315 g/mol. The number of carbonyl (C=O) groups is 1. The molecule has 1 N–H and O–H groups in total. The van der Waals surface area contributed by atoms with E-state index < -0.39 is 0 Å². The Morgan fingerprint density at radius 1 is 1.13 bits per heavy atom. The van der Waals surface area contributed by atoms with Gasteiger partial charge in [-0.1, -0.05) is 48.5 Å². The van der Waals surface area contributed by atoms with Crippen molar-refractivity contribution >= 4 is 5.97 Å². The van der Waals surface area contributed by atoms with Crippen molar-refractivity contribution in [2.24, 2.45) is 0 Å². The summed E-state index contributed by atoms with van der Waals surface area (Å²) >= 11 is 0. The van der Waals surface area contributed by atoms with Gasteiger partial charge in [0.15, 0.2) is 0 Å². The summed E-state index contributed by atoms with van der Waals surface area (Å²) in [7, 11) is 1.38. The maximum atomic E-state index is 13.7. The average Bonchev–Trinajstić information content (AvgIpc) is 2.59. The van der Waals surface area contributed by atoms with Gasteiger partial charge in [-0.25, -0.2) is 4.39 Å². The summed E-state index contributed by atoms with van der Waals surface area (Å²) in [5.41, 5.74) is 1.82. The van der Waals surface area contributed by atoms with E-state index in [4.69, 9.17) is 4.74 Å². The SMILES string of the molecule is COC(=O)CC(CCc1ccccc1F)NCc1ccccc1. The lowest BCUT2D eigenvalue weighted by atomic mass is 10.0. The Labute approximate surface area is 136 Å². The highest BCUT2D eigenvalue weighted by molar-refractivity contribution is 5.69. The van der Waals surface area contributed by atoms with E-state index in [-0.39, 0.29) is 24.2 Å². The maximum absolute atomic E-state index is 13.7. The van der Waals surface area contributed by atoms with Crippen molar-refractivity contribution in [3.05, 3.63) is 71.5 Å². The topological polar surface area (TPSA) is 38.3 Å². The van der Waals surface area contributed by atoms with Crippen LogP contribution in [0.25, 0.3) is 0 Å². The van der Waals surface area contributed by atoms with Gasteiger partial charge in [-0.15, -0.1) is 0 Å². The minimum atomic E-state index is -0.260. The second-order valence-electron chi connectivity index (χ2n) is 5.47. The molecule has 0 aliphatic rings. The highest BCUT2D eigenvalue weighted by atomic mass is 19.1. The molecule has 1 unspecified atom stereocenters. The average molecular weight is 315 g/mol. The van der Waals surface area contributed by atoms with Crippen molar-refractivity contribution in [3.8, 4) is 0 Å². The number of hydrogen-bond donors (Lipinski definition) is 1. The van der Waals surface area contributed by atoms with Crippen LogP contribution in [0.3, 0.4) is 0 Å². The zero-order valence-electron chi connectivity index (χ0n) is 13.3. The van der Waals surface area contributed by atoms with Crippen LogP contribution in [-0.2, 0) is 22.5 Å². The van der Waals surface area contributed by atoms with Gasteiger partial charge in [-0.2, -0.15) is 0 Å². The normalized spacial score (nSPS) is 11.9. The van der Waals surface area contributed by atoms with Gasteiger partial charge in [0, 0.05) is 12.6 Å². The summed E-state index contributed by atoms with van der Waals surface area (Å²) in [5, 5.41) is 3.37. The van der Waals surface area contributed by atoms with Gasteiger partial charge in [0.25, 0.3) is 0 Å². The molecule has 2 aromatic carbocycles. The van der Waals surface area contributed by atoms with Gasteiger partial charge in [0.05, 0.1) is 13.5 Å². The van der Waals surface area contributed by atoms with Crippen LogP contribution in [0.2, 0.25) is 0 Å². The zero-order valence-corrected chi connectivity index (χ0v) is 13.3. The molecule has 0 radical (unpaired) electrons. The quantitative estimate of drug-likeness (QED) is 0.758. The standard InChI is InChI=1S/C19H22FNO2/c1-23-19(22)13-17(21-14-15-7-3-2-4-8-15)12-11-16-9-5-6-10-18(16)20/h2-10,17,21H,11-14H2,1H3. The van der Waals surface area contributed by atoms with Crippen molar-refractivity contribution in [3.63, 3.8) is 0 Å². The number of halogens is 1. The fourth-order valence-corrected chi connectivity index (χ4v) is 2.45. The number of carbonyl (C=O) groups excluding carboxylic acids is 1. The van der Waals surface area contributed by atoms with Crippen LogP contribution in [0.1, 0.15) is 24.0 Å². The molecule has 4 heteroatoms. The summed E-state index contributed by atoms with van der Waals surface area (Å²) in [6.07, 6.45) is 1.52. The second-order valence-corrected chi connectivity index (χ2v) is 5.47. The molecule has 0 saturated carbocycles. The highest BCUT2D eigenvalue weighted by Gasteiger charge is 2.15. The van der Waals surface area contributed by atoms with E-state index in [1.54, 1.807) is 12.1 Å². The Balaban J connectivity index is 1.93. The van der Waals surface area contributed by atoms with Gasteiger partial charge < -0.3 is 10.1 Å². The van der Waals surface area contributed by atoms with Crippen molar-refractivity contribution in [2.75, 3.05) is 7.11 Å². The van der Waals surface area contributed by atoms with Crippen LogP contribution in [0.15, 0.2) is 54.6 Å². The molecule has 23 heavy (non-hydrogen) atoms. The van der Waals surface area contributed by atoms with E-state index >= 15 is 0 Å². The fraction of sp³-hybridized carbons (Fsp3) is 0.316. The van der Waals surface area contributed by atoms with Crippen molar-refractivity contribution in [2.45, 2.75) is 31.8 Å². The van der Waals surface area contributed by atoms with E-state index in [1.807, 2.05) is 36.4 Å². The van der Waals surface area contributed by atoms with E-state index in [9.17, 15) is 9.18 Å². The lowest BCUT2D eigenvalue weighted by molar-refractivity contribution is -0.141. The van der Waals surface area contributed by atoms with Crippen LogP contribution in [0, 0.1) is 5.82 Å². The minimum Gasteiger partial charge on any atom is -0.469 e. The first-order valence-electron chi connectivity index (χ1n) is 7.76. The Morgan fingerprint density at radius 2 is 1.83 bits per heavy atom. The molecule has 2 aromatic rings. The van der Waals surface area contributed by atoms with Gasteiger partial charge in [0.2, 0.25) is 0 Å². The van der Waals surface area contributed by atoms with E-state index in [0.29, 0.717) is 24.9 Å². The van der Waals surface area contributed by atoms with E-state index in [2.05, 4.69) is 5.32 Å². The Hall–Kier alpha value is -2.20. The number of benzene rings is 2. The summed E-state index contributed by atoms with van der Waals surface area (Å²) in [6.45, 7) is 0.666. The number of methoxy groups -OCH3 is 1. The van der Waals surface area contributed by atoms with Gasteiger partial charge in [0.1, 0.15) is 5.82 Å². The molecule has 0 aromatic heterocycles. The number of aryl methyl sites for hydroxylation is 1. The maximum Gasteiger partial charge on any atom is 0.307 e. The van der Waals surface area contributed by atoms with E-state index in [0.717, 1.165) is 5.56 Å². The number of ether oxygens (including phenoxy) is 1. The first-order chi connectivity index (χ1) is 11.2.